The molecule has 1 unspecified atom stereocenters. The minimum absolute atomic E-state index is 0.0185. The number of rotatable bonds is 4. The van der Waals surface area contributed by atoms with Crippen LogP contribution in [0.1, 0.15) is 17.7 Å². The van der Waals surface area contributed by atoms with Crippen molar-refractivity contribution in [1.82, 2.24) is 15.5 Å². The summed E-state index contributed by atoms with van der Waals surface area (Å²) in [6.07, 6.45) is 2.16. The molecule has 2 aliphatic rings. The molecule has 120 valence electrons. The molecule has 7 heteroatoms. The number of likely N-dealkylation sites (tertiary alicyclic amines) is 1. The number of thiophene rings is 1. The summed E-state index contributed by atoms with van der Waals surface area (Å²) in [4.78, 5) is 27.3. The van der Waals surface area contributed by atoms with Crippen molar-refractivity contribution in [3.8, 4) is 0 Å². The monoisotopic (exact) mass is 339 g/mol. The third-order valence-corrected chi connectivity index (χ3v) is 5.92. The van der Waals surface area contributed by atoms with Crippen molar-refractivity contribution in [1.29, 1.82) is 0 Å². The summed E-state index contributed by atoms with van der Waals surface area (Å²) in [5.41, 5.74) is 0. The number of amides is 2. The van der Waals surface area contributed by atoms with E-state index in [1.807, 2.05) is 22.4 Å². The van der Waals surface area contributed by atoms with E-state index in [9.17, 15) is 9.59 Å². The Morgan fingerprint density at radius 3 is 2.82 bits per heavy atom. The SMILES string of the molecule is O=C(Cc1cccs1)NC1CCN(C(=O)C2CSCN2)CC1. The van der Waals surface area contributed by atoms with Gasteiger partial charge in [-0.25, -0.2) is 0 Å². The van der Waals surface area contributed by atoms with Crippen LogP contribution in [0.25, 0.3) is 0 Å². The van der Waals surface area contributed by atoms with E-state index in [1.54, 1.807) is 23.1 Å². The van der Waals surface area contributed by atoms with E-state index < -0.39 is 0 Å². The fraction of sp³-hybridized carbons (Fsp3) is 0.600. The molecule has 3 rings (SSSR count). The van der Waals surface area contributed by atoms with Gasteiger partial charge in [-0.1, -0.05) is 6.07 Å². The molecule has 1 aromatic rings. The average Bonchev–Trinajstić information content (AvgIpc) is 3.20. The Bertz CT molecular complexity index is 507. The third-order valence-electron chi connectivity index (χ3n) is 4.10. The summed E-state index contributed by atoms with van der Waals surface area (Å²) in [5.74, 6) is 2.04. The average molecular weight is 339 g/mol. The van der Waals surface area contributed by atoms with Crippen LogP contribution in [-0.2, 0) is 16.0 Å². The van der Waals surface area contributed by atoms with Crippen molar-refractivity contribution < 1.29 is 9.59 Å². The molecule has 1 atom stereocenters. The molecule has 22 heavy (non-hydrogen) atoms. The quantitative estimate of drug-likeness (QED) is 0.861. The van der Waals surface area contributed by atoms with Crippen molar-refractivity contribution in [2.45, 2.75) is 31.3 Å². The van der Waals surface area contributed by atoms with Crippen molar-refractivity contribution in [2.75, 3.05) is 24.7 Å². The van der Waals surface area contributed by atoms with Crippen molar-refractivity contribution in [3.05, 3.63) is 22.4 Å². The number of carbonyl (C=O) groups excluding carboxylic acids is 2. The summed E-state index contributed by atoms with van der Waals surface area (Å²) in [6.45, 7) is 1.48. The molecule has 0 radical (unpaired) electrons. The number of nitrogens with one attached hydrogen (secondary N) is 2. The number of hydrogen-bond donors (Lipinski definition) is 2. The highest BCUT2D eigenvalue weighted by molar-refractivity contribution is 7.99. The van der Waals surface area contributed by atoms with Crippen LogP contribution in [0, 0.1) is 0 Å². The van der Waals surface area contributed by atoms with Gasteiger partial charge in [0.2, 0.25) is 11.8 Å². The Balaban J connectivity index is 1.41. The molecule has 0 aliphatic carbocycles. The van der Waals surface area contributed by atoms with Gasteiger partial charge in [-0.15, -0.1) is 23.1 Å². The zero-order valence-electron chi connectivity index (χ0n) is 12.4. The zero-order chi connectivity index (χ0) is 15.4. The van der Waals surface area contributed by atoms with Crippen molar-refractivity contribution in [3.63, 3.8) is 0 Å². The van der Waals surface area contributed by atoms with Crippen LogP contribution in [0.5, 0.6) is 0 Å². The molecule has 0 saturated carbocycles. The smallest absolute Gasteiger partial charge is 0.240 e. The fourth-order valence-electron chi connectivity index (χ4n) is 2.87. The molecule has 0 bridgehead atoms. The first-order valence-corrected chi connectivity index (χ1v) is 9.67. The Kier molecular flexibility index (Phi) is 5.38. The number of hydrogen-bond acceptors (Lipinski definition) is 5. The van der Waals surface area contributed by atoms with Gasteiger partial charge in [0.25, 0.3) is 0 Å². The van der Waals surface area contributed by atoms with E-state index >= 15 is 0 Å². The van der Waals surface area contributed by atoms with Gasteiger partial charge in [-0.05, 0) is 24.3 Å². The van der Waals surface area contributed by atoms with Crippen LogP contribution in [0.4, 0.5) is 0 Å². The largest absolute Gasteiger partial charge is 0.353 e. The Hall–Kier alpha value is -1.05. The van der Waals surface area contributed by atoms with Crippen LogP contribution in [-0.4, -0.2) is 53.5 Å². The molecule has 2 N–H and O–H groups in total. The lowest BCUT2D eigenvalue weighted by Gasteiger charge is -2.33. The lowest BCUT2D eigenvalue weighted by Crippen LogP contribution is -2.51. The maximum absolute atomic E-state index is 12.3. The minimum atomic E-state index is -0.0185. The summed E-state index contributed by atoms with van der Waals surface area (Å²) >= 11 is 3.38. The number of piperidine rings is 1. The summed E-state index contributed by atoms with van der Waals surface area (Å²) in [5, 5.41) is 8.31. The van der Waals surface area contributed by atoms with E-state index in [4.69, 9.17) is 0 Å². The van der Waals surface area contributed by atoms with Crippen LogP contribution in [0.15, 0.2) is 17.5 Å². The van der Waals surface area contributed by atoms with Gasteiger partial charge in [-0.2, -0.15) is 0 Å². The Labute approximate surface area is 138 Å². The van der Waals surface area contributed by atoms with Gasteiger partial charge >= 0.3 is 0 Å². The second-order valence-corrected chi connectivity index (χ2v) is 7.76. The highest BCUT2D eigenvalue weighted by Crippen LogP contribution is 2.16. The number of nitrogens with zero attached hydrogens (tertiary/aromatic N) is 1. The first-order chi connectivity index (χ1) is 10.7. The molecule has 0 aromatic carbocycles. The van der Waals surface area contributed by atoms with Crippen molar-refractivity contribution >= 4 is 34.9 Å². The molecule has 2 amide bonds. The molecule has 2 fully saturated rings. The third kappa shape index (κ3) is 4.02. The lowest BCUT2D eigenvalue weighted by atomic mass is 10.0. The van der Waals surface area contributed by atoms with E-state index in [0.29, 0.717) is 6.42 Å². The maximum atomic E-state index is 12.3. The molecule has 0 spiro atoms. The highest BCUT2D eigenvalue weighted by atomic mass is 32.2. The maximum Gasteiger partial charge on any atom is 0.240 e. The van der Waals surface area contributed by atoms with Crippen LogP contribution >= 0.6 is 23.1 Å². The molecule has 2 aliphatic heterocycles. The molecular weight excluding hydrogens is 318 g/mol. The Morgan fingerprint density at radius 1 is 1.36 bits per heavy atom. The van der Waals surface area contributed by atoms with E-state index in [1.165, 1.54) is 0 Å². The fourth-order valence-corrected chi connectivity index (χ4v) is 4.51. The van der Waals surface area contributed by atoms with Gasteiger partial charge in [0.1, 0.15) is 0 Å². The van der Waals surface area contributed by atoms with Gasteiger partial charge in [0.15, 0.2) is 0 Å². The van der Waals surface area contributed by atoms with Crippen LogP contribution in [0.3, 0.4) is 0 Å². The zero-order valence-corrected chi connectivity index (χ0v) is 14.0. The molecule has 2 saturated heterocycles. The lowest BCUT2D eigenvalue weighted by molar-refractivity contribution is -0.133. The summed E-state index contributed by atoms with van der Waals surface area (Å²) < 4.78 is 0. The standard InChI is InChI=1S/C15H21N3O2S2/c19-14(8-12-2-1-7-22-12)17-11-3-5-18(6-4-11)15(20)13-9-21-10-16-13/h1-2,7,11,13,16H,3-6,8-10H2,(H,17,19). The second kappa shape index (κ2) is 7.48. The van der Waals surface area contributed by atoms with Gasteiger partial charge in [0.05, 0.1) is 12.5 Å². The van der Waals surface area contributed by atoms with Gasteiger partial charge < -0.3 is 10.2 Å². The molecule has 5 nitrogen and oxygen atoms in total. The van der Waals surface area contributed by atoms with E-state index in [-0.39, 0.29) is 23.9 Å². The number of carbonyl (C=O) groups is 2. The Morgan fingerprint density at radius 2 is 2.18 bits per heavy atom. The van der Waals surface area contributed by atoms with Crippen LogP contribution < -0.4 is 10.6 Å². The minimum Gasteiger partial charge on any atom is -0.353 e. The highest BCUT2D eigenvalue weighted by Gasteiger charge is 2.30. The summed E-state index contributed by atoms with van der Waals surface area (Å²) in [7, 11) is 0. The van der Waals surface area contributed by atoms with Gasteiger partial charge in [-0.3, -0.25) is 14.9 Å². The second-order valence-electron chi connectivity index (χ2n) is 5.70. The first-order valence-electron chi connectivity index (χ1n) is 7.64. The first kappa shape index (κ1) is 15.8. The molecule has 1 aromatic heterocycles. The van der Waals surface area contributed by atoms with E-state index in [0.717, 1.165) is 42.4 Å². The predicted molar refractivity (Wildman–Crippen MR) is 90.0 cm³/mol. The predicted octanol–water partition coefficient (Wildman–Crippen LogP) is 1.06. The van der Waals surface area contributed by atoms with Crippen LogP contribution in [0.2, 0.25) is 0 Å². The van der Waals surface area contributed by atoms with E-state index in [2.05, 4.69) is 10.6 Å². The number of thioether (sulfide) groups is 1. The molecule has 3 heterocycles. The molecular formula is C15H21N3O2S2. The van der Waals surface area contributed by atoms with Gasteiger partial charge in [0, 0.05) is 35.6 Å². The normalized spacial score (nSPS) is 22.7. The topological polar surface area (TPSA) is 61.4 Å². The summed E-state index contributed by atoms with van der Waals surface area (Å²) in [6, 6.07) is 4.13. The van der Waals surface area contributed by atoms with Crippen molar-refractivity contribution in [2.24, 2.45) is 0 Å².